The zero-order chi connectivity index (χ0) is 23.1. The Morgan fingerprint density at radius 1 is 0.875 bits per heavy atom. The average Bonchev–Trinajstić information content (AvgIpc) is 2.81. The fourth-order valence-corrected chi connectivity index (χ4v) is 3.75. The second kappa shape index (κ2) is 20.8. The van der Waals surface area contributed by atoms with Gasteiger partial charge in [-0.1, -0.05) is 122 Å². The summed E-state index contributed by atoms with van der Waals surface area (Å²) >= 11 is 0. The standard InChI is InChI=1S/C28H46N2O2/c1-3-5-6-7-8-9-10-11-12-13-14-15-16-17-18-23-28(31)30-29-25-26-21-19-20-22-27(26)32-24-4-2/h4,19-22,25H,2-3,5-18,23-24H2,1H3,(H,30,31). The van der Waals surface area contributed by atoms with E-state index in [0.717, 1.165) is 24.2 Å². The molecular weight excluding hydrogens is 396 g/mol. The minimum Gasteiger partial charge on any atom is -0.489 e. The number of hydrogen-bond acceptors (Lipinski definition) is 3. The minimum absolute atomic E-state index is 0.0274. The summed E-state index contributed by atoms with van der Waals surface area (Å²) in [5.74, 6) is 0.702. The molecule has 0 bridgehead atoms. The van der Waals surface area contributed by atoms with E-state index in [1.807, 2.05) is 24.3 Å². The van der Waals surface area contributed by atoms with Crippen LogP contribution in [0.3, 0.4) is 0 Å². The highest BCUT2D eigenvalue weighted by Crippen LogP contribution is 2.16. The van der Waals surface area contributed by atoms with Crippen LogP contribution < -0.4 is 10.2 Å². The molecule has 0 saturated heterocycles. The molecule has 0 saturated carbocycles. The van der Waals surface area contributed by atoms with Gasteiger partial charge in [-0.2, -0.15) is 5.10 Å². The number of unbranched alkanes of at least 4 members (excludes halogenated alkanes) is 14. The number of nitrogens with zero attached hydrogens (tertiary/aromatic N) is 1. The van der Waals surface area contributed by atoms with E-state index >= 15 is 0 Å². The number of hydrazone groups is 1. The van der Waals surface area contributed by atoms with Gasteiger partial charge in [0.05, 0.1) is 6.21 Å². The molecule has 1 N–H and O–H groups in total. The molecule has 180 valence electrons. The first-order valence-corrected chi connectivity index (χ1v) is 12.9. The SMILES string of the molecule is C=CCOc1ccccc1C=NNC(=O)CCCCCCCCCCCCCCCCC. The Morgan fingerprint density at radius 3 is 1.97 bits per heavy atom. The van der Waals surface area contributed by atoms with Crippen molar-refractivity contribution in [1.29, 1.82) is 0 Å². The van der Waals surface area contributed by atoms with Gasteiger partial charge < -0.3 is 4.74 Å². The van der Waals surface area contributed by atoms with Crippen molar-refractivity contribution in [2.24, 2.45) is 5.10 Å². The molecule has 0 atom stereocenters. The summed E-state index contributed by atoms with van der Waals surface area (Å²) in [5.41, 5.74) is 3.45. The molecule has 0 heterocycles. The Labute approximate surface area is 196 Å². The van der Waals surface area contributed by atoms with Gasteiger partial charge in [-0.3, -0.25) is 4.79 Å². The maximum atomic E-state index is 12.0. The molecule has 0 radical (unpaired) electrons. The Balaban J connectivity index is 1.95. The van der Waals surface area contributed by atoms with Crippen LogP contribution in [0.5, 0.6) is 5.75 Å². The van der Waals surface area contributed by atoms with Gasteiger partial charge in [0.15, 0.2) is 0 Å². The predicted molar refractivity (Wildman–Crippen MR) is 137 cm³/mol. The topological polar surface area (TPSA) is 50.7 Å². The molecule has 0 unspecified atom stereocenters. The summed E-state index contributed by atoms with van der Waals surface area (Å²) in [6.45, 7) is 6.37. The first-order valence-electron chi connectivity index (χ1n) is 12.9. The van der Waals surface area contributed by atoms with Crippen LogP contribution in [-0.4, -0.2) is 18.7 Å². The summed E-state index contributed by atoms with van der Waals surface area (Å²) in [6, 6.07) is 7.61. The first-order chi connectivity index (χ1) is 15.8. The molecule has 0 aliphatic heterocycles. The third-order valence-electron chi connectivity index (χ3n) is 5.68. The number of amides is 1. The molecule has 0 aliphatic carbocycles. The molecular formula is C28H46N2O2. The number of nitrogens with one attached hydrogen (secondary N) is 1. The first kappa shape index (κ1) is 27.9. The van der Waals surface area contributed by atoms with Gasteiger partial charge in [0, 0.05) is 12.0 Å². The third-order valence-corrected chi connectivity index (χ3v) is 5.68. The Morgan fingerprint density at radius 2 is 1.41 bits per heavy atom. The number of benzene rings is 1. The van der Waals surface area contributed by atoms with E-state index < -0.39 is 0 Å². The van der Waals surface area contributed by atoms with Crippen LogP contribution in [0.1, 0.15) is 115 Å². The molecule has 0 fully saturated rings. The second-order valence-corrected chi connectivity index (χ2v) is 8.63. The Bertz CT molecular complexity index is 628. The van der Waals surface area contributed by atoms with E-state index in [1.165, 1.54) is 83.5 Å². The highest BCUT2D eigenvalue weighted by molar-refractivity contribution is 5.85. The quantitative estimate of drug-likeness (QED) is 0.0908. The zero-order valence-electron chi connectivity index (χ0n) is 20.5. The Kier molecular flexibility index (Phi) is 18.1. The number of ether oxygens (including phenoxy) is 1. The largest absolute Gasteiger partial charge is 0.489 e. The van der Waals surface area contributed by atoms with Crippen molar-refractivity contribution in [2.45, 2.75) is 110 Å². The zero-order valence-corrected chi connectivity index (χ0v) is 20.5. The van der Waals surface area contributed by atoms with Crippen LogP contribution in [0.25, 0.3) is 0 Å². The van der Waals surface area contributed by atoms with Crippen molar-refractivity contribution >= 4 is 12.1 Å². The lowest BCUT2D eigenvalue weighted by molar-refractivity contribution is -0.121. The lowest BCUT2D eigenvalue weighted by Crippen LogP contribution is -2.17. The van der Waals surface area contributed by atoms with E-state index in [9.17, 15) is 4.79 Å². The van der Waals surface area contributed by atoms with Gasteiger partial charge in [0.1, 0.15) is 12.4 Å². The van der Waals surface area contributed by atoms with E-state index in [1.54, 1.807) is 12.3 Å². The average molecular weight is 443 g/mol. The fraction of sp³-hybridized carbons (Fsp3) is 0.643. The summed E-state index contributed by atoms with van der Waals surface area (Å²) in [7, 11) is 0. The van der Waals surface area contributed by atoms with Gasteiger partial charge in [0.25, 0.3) is 0 Å². The second-order valence-electron chi connectivity index (χ2n) is 8.63. The number of carbonyl (C=O) groups excluding carboxylic acids is 1. The van der Waals surface area contributed by atoms with Crippen LogP contribution in [0.4, 0.5) is 0 Å². The monoisotopic (exact) mass is 442 g/mol. The molecule has 0 spiro atoms. The number of hydrogen-bond donors (Lipinski definition) is 1. The Hall–Kier alpha value is -2.10. The maximum Gasteiger partial charge on any atom is 0.240 e. The van der Waals surface area contributed by atoms with Gasteiger partial charge in [-0.25, -0.2) is 5.43 Å². The van der Waals surface area contributed by atoms with E-state index in [2.05, 4.69) is 24.0 Å². The number of carbonyl (C=O) groups is 1. The molecule has 0 aromatic heterocycles. The summed E-state index contributed by atoms with van der Waals surface area (Å²) < 4.78 is 5.58. The normalized spacial score (nSPS) is 11.0. The third kappa shape index (κ3) is 15.7. The lowest BCUT2D eigenvalue weighted by atomic mass is 10.0. The molecule has 1 aromatic carbocycles. The smallest absolute Gasteiger partial charge is 0.240 e. The predicted octanol–water partition coefficient (Wildman–Crippen LogP) is 7.96. The van der Waals surface area contributed by atoms with Gasteiger partial charge >= 0.3 is 0 Å². The van der Waals surface area contributed by atoms with Crippen molar-refractivity contribution in [3.05, 3.63) is 42.5 Å². The van der Waals surface area contributed by atoms with Crippen molar-refractivity contribution < 1.29 is 9.53 Å². The fourth-order valence-electron chi connectivity index (χ4n) is 3.75. The minimum atomic E-state index is -0.0274. The molecule has 0 aliphatic rings. The van der Waals surface area contributed by atoms with Gasteiger partial charge in [-0.05, 0) is 18.6 Å². The summed E-state index contributed by atoms with van der Waals surface area (Å²) in [4.78, 5) is 12.0. The maximum absolute atomic E-state index is 12.0. The molecule has 4 nitrogen and oxygen atoms in total. The van der Waals surface area contributed by atoms with E-state index in [4.69, 9.17) is 4.74 Å². The van der Waals surface area contributed by atoms with E-state index in [-0.39, 0.29) is 5.91 Å². The van der Waals surface area contributed by atoms with Gasteiger partial charge in [-0.15, -0.1) is 0 Å². The van der Waals surface area contributed by atoms with Crippen LogP contribution in [0.15, 0.2) is 42.0 Å². The number of para-hydroxylation sites is 1. The van der Waals surface area contributed by atoms with Crippen LogP contribution in [0, 0.1) is 0 Å². The molecule has 1 aromatic rings. The van der Waals surface area contributed by atoms with Crippen LogP contribution >= 0.6 is 0 Å². The number of rotatable bonds is 21. The molecule has 1 amide bonds. The summed E-state index contributed by atoms with van der Waals surface area (Å²) in [5, 5.41) is 4.07. The van der Waals surface area contributed by atoms with Crippen molar-refractivity contribution in [3.8, 4) is 5.75 Å². The highest BCUT2D eigenvalue weighted by Gasteiger charge is 2.02. The van der Waals surface area contributed by atoms with Crippen LogP contribution in [-0.2, 0) is 4.79 Å². The van der Waals surface area contributed by atoms with Crippen molar-refractivity contribution in [3.63, 3.8) is 0 Å². The summed E-state index contributed by atoms with van der Waals surface area (Å²) in [6.07, 6.45) is 23.8. The lowest BCUT2D eigenvalue weighted by Gasteiger charge is -2.06. The van der Waals surface area contributed by atoms with Crippen LogP contribution in [0.2, 0.25) is 0 Å². The molecule has 1 rings (SSSR count). The molecule has 4 heteroatoms. The van der Waals surface area contributed by atoms with Gasteiger partial charge in [0.2, 0.25) is 5.91 Å². The van der Waals surface area contributed by atoms with E-state index in [0.29, 0.717) is 13.0 Å². The molecule has 32 heavy (non-hydrogen) atoms. The highest BCUT2D eigenvalue weighted by atomic mass is 16.5. The van der Waals surface area contributed by atoms with Crippen molar-refractivity contribution in [2.75, 3.05) is 6.61 Å². The van der Waals surface area contributed by atoms with Crippen molar-refractivity contribution in [1.82, 2.24) is 5.43 Å².